The van der Waals surface area contributed by atoms with Crippen LogP contribution in [0.2, 0.25) is 0 Å². The van der Waals surface area contributed by atoms with Crippen molar-refractivity contribution in [3.63, 3.8) is 0 Å². The molecular formula is C16H18N2O2. The summed E-state index contributed by atoms with van der Waals surface area (Å²) in [4.78, 5) is 16.0. The van der Waals surface area contributed by atoms with Gasteiger partial charge in [0.1, 0.15) is 5.75 Å². The second kappa shape index (κ2) is 6.70. The molecule has 0 aliphatic carbocycles. The zero-order valence-electron chi connectivity index (χ0n) is 11.7. The van der Waals surface area contributed by atoms with Gasteiger partial charge in [-0.1, -0.05) is 18.2 Å². The fraction of sp³-hybridized carbons (Fsp3) is 0.250. The van der Waals surface area contributed by atoms with Crippen molar-refractivity contribution in [1.29, 1.82) is 0 Å². The highest BCUT2D eigenvalue weighted by Crippen LogP contribution is 2.13. The highest BCUT2D eigenvalue weighted by atomic mass is 16.5. The number of ether oxygens (including phenoxy) is 1. The van der Waals surface area contributed by atoms with Crippen LogP contribution in [0.5, 0.6) is 5.75 Å². The van der Waals surface area contributed by atoms with Gasteiger partial charge < -0.3 is 10.1 Å². The Morgan fingerprint density at radius 3 is 2.65 bits per heavy atom. The number of amides is 1. The third kappa shape index (κ3) is 3.82. The van der Waals surface area contributed by atoms with Crippen molar-refractivity contribution in [2.24, 2.45) is 0 Å². The van der Waals surface area contributed by atoms with Gasteiger partial charge in [-0.2, -0.15) is 0 Å². The number of rotatable bonds is 5. The monoisotopic (exact) mass is 270 g/mol. The van der Waals surface area contributed by atoms with Crippen molar-refractivity contribution in [2.45, 2.75) is 19.4 Å². The number of pyridine rings is 1. The third-order valence-corrected chi connectivity index (χ3v) is 3.09. The van der Waals surface area contributed by atoms with E-state index in [2.05, 4.69) is 10.3 Å². The molecule has 1 N–H and O–H groups in total. The van der Waals surface area contributed by atoms with Gasteiger partial charge in [-0.3, -0.25) is 9.78 Å². The average Bonchev–Trinajstić information content (AvgIpc) is 2.49. The van der Waals surface area contributed by atoms with Gasteiger partial charge in [0.2, 0.25) is 5.91 Å². The first kappa shape index (κ1) is 14.1. The van der Waals surface area contributed by atoms with E-state index in [1.807, 2.05) is 43.3 Å². The Kier molecular flexibility index (Phi) is 4.71. The summed E-state index contributed by atoms with van der Waals surface area (Å²) in [5.41, 5.74) is 1.96. The maximum atomic E-state index is 12.0. The van der Waals surface area contributed by atoms with Crippen LogP contribution in [-0.4, -0.2) is 18.0 Å². The molecule has 4 heteroatoms. The molecule has 0 aliphatic rings. The van der Waals surface area contributed by atoms with Crippen LogP contribution in [0.25, 0.3) is 0 Å². The van der Waals surface area contributed by atoms with E-state index in [4.69, 9.17) is 4.74 Å². The summed E-state index contributed by atoms with van der Waals surface area (Å²) in [5.74, 6) is 0.782. The predicted octanol–water partition coefficient (Wildman–Crippen LogP) is 2.51. The molecule has 0 bridgehead atoms. The second-order valence-corrected chi connectivity index (χ2v) is 4.60. The molecule has 4 nitrogen and oxygen atoms in total. The van der Waals surface area contributed by atoms with Crippen molar-refractivity contribution >= 4 is 5.91 Å². The van der Waals surface area contributed by atoms with Crippen LogP contribution < -0.4 is 10.1 Å². The van der Waals surface area contributed by atoms with E-state index in [1.165, 1.54) is 0 Å². The maximum absolute atomic E-state index is 12.0. The fourth-order valence-corrected chi connectivity index (χ4v) is 1.94. The highest BCUT2D eigenvalue weighted by Gasteiger charge is 2.10. The van der Waals surface area contributed by atoms with Gasteiger partial charge in [-0.05, 0) is 36.2 Å². The second-order valence-electron chi connectivity index (χ2n) is 4.60. The standard InChI is InChI=1S/C16H18N2O2/c1-12(14-4-3-9-17-11-14)18-16(19)10-13-5-7-15(20-2)8-6-13/h3-9,11-12H,10H2,1-2H3,(H,18,19)/t12-/m0/s1. The topological polar surface area (TPSA) is 51.2 Å². The molecule has 0 aliphatic heterocycles. The Labute approximate surface area is 118 Å². The summed E-state index contributed by atoms with van der Waals surface area (Å²) in [6.07, 6.45) is 3.84. The van der Waals surface area contributed by atoms with Crippen LogP contribution in [0, 0.1) is 0 Å². The van der Waals surface area contributed by atoms with Crippen LogP contribution in [0.4, 0.5) is 0 Å². The first-order chi connectivity index (χ1) is 9.69. The zero-order valence-corrected chi connectivity index (χ0v) is 11.7. The largest absolute Gasteiger partial charge is 0.497 e. The van der Waals surface area contributed by atoms with Crippen molar-refractivity contribution in [3.05, 3.63) is 59.9 Å². The predicted molar refractivity (Wildman–Crippen MR) is 77.5 cm³/mol. The van der Waals surface area contributed by atoms with Gasteiger partial charge in [0, 0.05) is 12.4 Å². The molecule has 20 heavy (non-hydrogen) atoms. The summed E-state index contributed by atoms with van der Waals surface area (Å²) in [5, 5.41) is 2.96. The number of hydrogen-bond acceptors (Lipinski definition) is 3. The molecule has 2 aromatic rings. The number of nitrogens with one attached hydrogen (secondary N) is 1. The Balaban J connectivity index is 1.91. The molecular weight excluding hydrogens is 252 g/mol. The lowest BCUT2D eigenvalue weighted by Crippen LogP contribution is -2.28. The summed E-state index contributed by atoms with van der Waals surface area (Å²) in [6, 6.07) is 11.3. The van der Waals surface area contributed by atoms with Crippen LogP contribution in [-0.2, 0) is 11.2 Å². The van der Waals surface area contributed by atoms with Gasteiger partial charge >= 0.3 is 0 Å². The molecule has 1 atom stereocenters. The van der Waals surface area contributed by atoms with Crippen LogP contribution in [0.3, 0.4) is 0 Å². The fourth-order valence-electron chi connectivity index (χ4n) is 1.94. The average molecular weight is 270 g/mol. The number of nitrogens with zero attached hydrogens (tertiary/aromatic N) is 1. The van der Waals surface area contributed by atoms with Gasteiger partial charge in [0.15, 0.2) is 0 Å². The zero-order chi connectivity index (χ0) is 14.4. The first-order valence-electron chi connectivity index (χ1n) is 6.51. The van der Waals surface area contributed by atoms with Crippen LogP contribution in [0.15, 0.2) is 48.8 Å². The molecule has 104 valence electrons. The van der Waals surface area contributed by atoms with Crippen molar-refractivity contribution < 1.29 is 9.53 Å². The van der Waals surface area contributed by atoms with Crippen molar-refractivity contribution in [3.8, 4) is 5.75 Å². The first-order valence-corrected chi connectivity index (χ1v) is 6.51. The Bertz CT molecular complexity index is 552. The van der Waals surface area contributed by atoms with E-state index >= 15 is 0 Å². The lowest BCUT2D eigenvalue weighted by molar-refractivity contribution is -0.121. The van der Waals surface area contributed by atoms with E-state index in [9.17, 15) is 4.79 Å². The molecule has 0 spiro atoms. The summed E-state index contributed by atoms with van der Waals surface area (Å²) in [6.45, 7) is 1.95. The van der Waals surface area contributed by atoms with Crippen molar-refractivity contribution in [2.75, 3.05) is 7.11 Å². The highest BCUT2D eigenvalue weighted by molar-refractivity contribution is 5.79. The molecule has 0 fully saturated rings. The smallest absolute Gasteiger partial charge is 0.224 e. The quantitative estimate of drug-likeness (QED) is 0.908. The molecule has 0 saturated carbocycles. The number of carbonyl (C=O) groups excluding carboxylic acids is 1. The van der Waals surface area contributed by atoms with Gasteiger partial charge in [0.05, 0.1) is 19.6 Å². The Morgan fingerprint density at radius 1 is 1.30 bits per heavy atom. The molecule has 1 aromatic carbocycles. The molecule has 1 amide bonds. The Hall–Kier alpha value is -2.36. The summed E-state index contributed by atoms with van der Waals surface area (Å²) < 4.78 is 5.09. The SMILES string of the molecule is COc1ccc(CC(=O)N[C@@H](C)c2cccnc2)cc1. The summed E-state index contributed by atoms with van der Waals surface area (Å²) >= 11 is 0. The van der Waals surface area contributed by atoms with E-state index in [0.717, 1.165) is 16.9 Å². The lowest BCUT2D eigenvalue weighted by Gasteiger charge is -2.14. The third-order valence-electron chi connectivity index (χ3n) is 3.09. The van der Waals surface area contributed by atoms with Crippen LogP contribution in [0.1, 0.15) is 24.1 Å². The minimum absolute atomic E-state index is 0.00785. The van der Waals surface area contributed by atoms with Crippen molar-refractivity contribution in [1.82, 2.24) is 10.3 Å². The number of benzene rings is 1. The minimum Gasteiger partial charge on any atom is -0.497 e. The van der Waals surface area contributed by atoms with E-state index < -0.39 is 0 Å². The number of hydrogen-bond donors (Lipinski definition) is 1. The van der Waals surface area contributed by atoms with E-state index in [1.54, 1.807) is 19.5 Å². The minimum atomic E-state index is -0.0468. The molecule has 0 radical (unpaired) electrons. The van der Waals surface area contributed by atoms with E-state index in [0.29, 0.717) is 6.42 Å². The number of methoxy groups -OCH3 is 1. The summed E-state index contributed by atoms with van der Waals surface area (Å²) in [7, 11) is 1.62. The molecule has 0 unspecified atom stereocenters. The van der Waals surface area contributed by atoms with Gasteiger partial charge in [-0.25, -0.2) is 0 Å². The van der Waals surface area contributed by atoms with Gasteiger partial charge in [0.25, 0.3) is 0 Å². The van der Waals surface area contributed by atoms with E-state index in [-0.39, 0.29) is 11.9 Å². The van der Waals surface area contributed by atoms with Crippen LogP contribution >= 0.6 is 0 Å². The maximum Gasteiger partial charge on any atom is 0.224 e. The number of aromatic nitrogens is 1. The molecule has 2 rings (SSSR count). The Morgan fingerprint density at radius 2 is 2.05 bits per heavy atom. The molecule has 0 saturated heterocycles. The number of carbonyl (C=O) groups is 1. The normalized spacial score (nSPS) is 11.7. The van der Waals surface area contributed by atoms with Gasteiger partial charge in [-0.15, -0.1) is 0 Å². The molecule has 1 heterocycles. The lowest BCUT2D eigenvalue weighted by atomic mass is 10.1. The molecule has 1 aromatic heterocycles.